The van der Waals surface area contributed by atoms with E-state index >= 15 is 0 Å². The molecule has 0 heterocycles. The number of esters is 2. The molecule has 0 aromatic heterocycles. The average molecular weight is 424 g/mol. The normalized spacial score (nSPS) is 20.4. The molecule has 3 rings (SSSR count). The number of carbonyl (C=O) groups excluding carboxylic acids is 2. The van der Waals surface area contributed by atoms with Gasteiger partial charge in [-0.05, 0) is 82.6 Å². The Hall–Kier alpha value is -2.51. The van der Waals surface area contributed by atoms with E-state index in [0.29, 0.717) is 19.3 Å². The van der Waals surface area contributed by atoms with Crippen LogP contribution in [0.4, 0.5) is 8.78 Å². The maximum absolute atomic E-state index is 14.4. The monoisotopic (exact) mass is 424 g/mol. The van der Waals surface area contributed by atoms with E-state index in [1.54, 1.807) is 0 Å². The lowest BCUT2D eigenvalue weighted by molar-refractivity contribution is -0.215. The Labute approximate surface area is 173 Å². The SMILES string of the molecule is CC1(OC(=O)c2ccc(C(=O)OC3(C(F)(F)C(=O)O)CCCCC3)cc2)CCCC1. The first-order valence-corrected chi connectivity index (χ1v) is 10.3. The first kappa shape index (κ1) is 22.2. The van der Waals surface area contributed by atoms with E-state index in [2.05, 4.69) is 0 Å². The molecule has 2 aliphatic carbocycles. The van der Waals surface area contributed by atoms with E-state index in [4.69, 9.17) is 14.6 Å². The van der Waals surface area contributed by atoms with E-state index in [1.807, 2.05) is 6.92 Å². The molecule has 30 heavy (non-hydrogen) atoms. The summed E-state index contributed by atoms with van der Waals surface area (Å²) in [6.45, 7) is 1.88. The predicted octanol–water partition coefficient (Wildman–Crippen LogP) is 4.76. The summed E-state index contributed by atoms with van der Waals surface area (Å²) in [4.78, 5) is 36.0. The van der Waals surface area contributed by atoms with E-state index in [9.17, 15) is 23.2 Å². The standard InChI is InChI=1S/C22H26F2O6/c1-20(11-5-6-12-20)29-17(25)15-7-9-16(10-8-15)18(26)30-21(13-3-2-4-14-21)22(23,24)19(27)28/h7-10H,2-6,11-14H2,1H3,(H,27,28). The number of alkyl halides is 2. The van der Waals surface area contributed by atoms with Gasteiger partial charge in [0, 0.05) is 0 Å². The summed E-state index contributed by atoms with van der Waals surface area (Å²) >= 11 is 0. The lowest BCUT2D eigenvalue weighted by Gasteiger charge is -2.40. The molecule has 0 amide bonds. The van der Waals surface area contributed by atoms with Crippen molar-refractivity contribution in [1.82, 2.24) is 0 Å². The highest BCUT2D eigenvalue weighted by molar-refractivity contribution is 5.94. The van der Waals surface area contributed by atoms with Crippen molar-refractivity contribution in [3.8, 4) is 0 Å². The zero-order valence-corrected chi connectivity index (χ0v) is 16.9. The largest absolute Gasteiger partial charge is 0.477 e. The molecule has 0 aliphatic heterocycles. The number of hydrogen-bond donors (Lipinski definition) is 1. The van der Waals surface area contributed by atoms with Crippen LogP contribution in [0.3, 0.4) is 0 Å². The zero-order chi connectivity index (χ0) is 22.0. The number of ether oxygens (including phenoxy) is 2. The summed E-state index contributed by atoms with van der Waals surface area (Å²) < 4.78 is 39.6. The molecule has 6 nitrogen and oxygen atoms in total. The highest BCUT2D eigenvalue weighted by Crippen LogP contribution is 2.44. The molecule has 0 spiro atoms. The third-order valence-corrected chi connectivity index (χ3v) is 6.15. The highest BCUT2D eigenvalue weighted by atomic mass is 19.3. The number of carbonyl (C=O) groups is 3. The van der Waals surface area contributed by atoms with E-state index in [-0.39, 0.29) is 24.0 Å². The fourth-order valence-corrected chi connectivity index (χ4v) is 4.28. The molecule has 2 fully saturated rings. The van der Waals surface area contributed by atoms with Crippen LogP contribution in [-0.2, 0) is 14.3 Å². The fourth-order valence-electron chi connectivity index (χ4n) is 4.28. The minimum atomic E-state index is -4.19. The molecule has 2 aliphatic rings. The smallest absolute Gasteiger partial charge is 0.381 e. The lowest BCUT2D eigenvalue weighted by atomic mass is 9.79. The van der Waals surface area contributed by atoms with Gasteiger partial charge in [0.2, 0.25) is 0 Å². The van der Waals surface area contributed by atoms with Crippen molar-refractivity contribution >= 4 is 17.9 Å². The first-order chi connectivity index (χ1) is 14.1. The fraction of sp³-hybridized carbons (Fsp3) is 0.591. The summed E-state index contributed by atoms with van der Waals surface area (Å²) in [6, 6.07) is 5.34. The van der Waals surface area contributed by atoms with Crippen LogP contribution in [0.2, 0.25) is 0 Å². The maximum Gasteiger partial charge on any atom is 0.381 e. The minimum Gasteiger partial charge on any atom is -0.477 e. The van der Waals surface area contributed by atoms with Gasteiger partial charge in [0.1, 0.15) is 5.60 Å². The molecule has 1 aromatic carbocycles. The second-order valence-electron chi connectivity index (χ2n) is 8.45. The van der Waals surface area contributed by atoms with Crippen molar-refractivity contribution in [1.29, 1.82) is 0 Å². The van der Waals surface area contributed by atoms with E-state index < -0.39 is 35.0 Å². The second-order valence-corrected chi connectivity index (χ2v) is 8.45. The molecule has 0 radical (unpaired) electrons. The van der Waals surface area contributed by atoms with Crippen LogP contribution in [0.5, 0.6) is 0 Å². The van der Waals surface area contributed by atoms with Crippen LogP contribution in [0, 0.1) is 0 Å². The Kier molecular flexibility index (Phi) is 6.15. The average Bonchev–Trinajstić information content (AvgIpc) is 3.14. The first-order valence-electron chi connectivity index (χ1n) is 10.3. The van der Waals surface area contributed by atoms with Crippen LogP contribution < -0.4 is 0 Å². The van der Waals surface area contributed by atoms with Gasteiger partial charge in [-0.1, -0.05) is 6.42 Å². The number of carboxylic acids is 1. The Bertz CT molecular complexity index is 805. The number of rotatable bonds is 6. The third-order valence-electron chi connectivity index (χ3n) is 6.15. The topological polar surface area (TPSA) is 89.9 Å². The van der Waals surface area contributed by atoms with E-state index in [0.717, 1.165) is 25.7 Å². The molecule has 1 aromatic rings. The third kappa shape index (κ3) is 4.32. The Balaban J connectivity index is 1.73. The molecule has 0 bridgehead atoms. The highest BCUT2D eigenvalue weighted by Gasteiger charge is 2.62. The number of hydrogen-bond acceptors (Lipinski definition) is 5. The molecule has 0 saturated heterocycles. The molecular weight excluding hydrogens is 398 g/mol. The van der Waals surface area contributed by atoms with Gasteiger partial charge in [-0.2, -0.15) is 8.78 Å². The van der Waals surface area contributed by atoms with Gasteiger partial charge < -0.3 is 14.6 Å². The Morgan fingerprint density at radius 3 is 1.73 bits per heavy atom. The minimum absolute atomic E-state index is 0.0373. The van der Waals surface area contributed by atoms with Crippen molar-refractivity contribution in [2.24, 2.45) is 0 Å². The van der Waals surface area contributed by atoms with Crippen LogP contribution in [0.1, 0.15) is 85.4 Å². The summed E-state index contributed by atoms with van der Waals surface area (Å²) in [5.41, 5.74) is -2.67. The van der Waals surface area contributed by atoms with Gasteiger partial charge in [0.15, 0.2) is 5.60 Å². The van der Waals surface area contributed by atoms with Gasteiger partial charge in [0.25, 0.3) is 0 Å². The maximum atomic E-state index is 14.4. The molecule has 0 atom stereocenters. The number of halogens is 2. The zero-order valence-electron chi connectivity index (χ0n) is 16.9. The van der Waals surface area contributed by atoms with Gasteiger partial charge in [-0.15, -0.1) is 0 Å². The molecular formula is C22H26F2O6. The van der Waals surface area contributed by atoms with Gasteiger partial charge >= 0.3 is 23.8 Å². The van der Waals surface area contributed by atoms with Crippen molar-refractivity contribution in [2.45, 2.75) is 81.8 Å². The van der Waals surface area contributed by atoms with Crippen molar-refractivity contribution in [2.75, 3.05) is 0 Å². The molecule has 0 unspecified atom stereocenters. The second kappa shape index (κ2) is 8.32. The predicted molar refractivity (Wildman–Crippen MR) is 103 cm³/mol. The summed E-state index contributed by atoms with van der Waals surface area (Å²) in [5.74, 6) is -8.06. The number of aliphatic carboxylic acids is 1. The molecule has 8 heteroatoms. The van der Waals surface area contributed by atoms with Crippen molar-refractivity contribution in [3.05, 3.63) is 35.4 Å². The van der Waals surface area contributed by atoms with Crippen LogP contribution in [0.25, 0.3) is 0 Å². The van der Waals surface area contributed by atoms with Crippen molar-refractivity contribution < 1.29 is 37.7 Å². The summed E-state index contributed by atoms with van der Waals surface area (Å²) in [5, 5.41) is 8.98. The molecule has 2 saturated carbocycles. The van der Waals surface area contributed by atoms with Crippen LogP contribution in [-0.4, -0.2) is 40.1 Å². The Morgan fingerprint density at radius 1 is 0.833 bits per heavy atom. The van der Waals surface area contributed by atoms with E-state index in [1.165, 1.54) is 24.3 Å². The Morgan fingerprint density at radius 2 is 1.27 bits per heavy atom. The quantitative estimate of drug-likeness (QED) is 0.663. The molecule has 164 valence electrons. The van der Waals surface area contributed by atoms with Crippen LogP contribution >= 0.6 is 0 Å². The van der Waals surface area contributed by atoms with Gasteiger partial charge in [0.05, 0.1) is 11.1 Å². The number of carboxylic acid groups (broad SMARTS) is 1. The molecule has 1 N–H and O–H groups in total. The van der Waals surface area contributed by atoms with Crippen molar-refractivity contribution in [3.63, 3.8) is 0 Å². The summed E-state index contributed by atoms with van der Waals surface area (Å²) in [6.07, 6.45) is 4.51. The van der Waals surface area contributed by atoms with Crippen LogP contribution in [0.15, 0.2) is 24.3 Å². The van der Waals surface area contributed by atoms with Gasteiger partial charge in [-0.3, -0.25) is 0 Å². The lowest BCUT2D eigenvalue weighted by Crippen LogP contribution is -2.56. The summed E-state index contributed by atoms with van der Waals surface area (Å²) in [7, 11) is 0. The number of benzene rings is 1. The van der Waals surface area contributed by atoms with Gasteiger partial charge in [-0.25, -0.2) is 14.4 Å².